The second kappa shape index (κ2) is 8.65. The van der Waals surface area contributed by atoms with Crippen LogP contribution in [0.15, 0.2) is 24.3 Å². The van der Waals surface area contributed by atoms with Crippen molar-refractivity contribution in [2.75, 3.05) is 6.61 Å². The Morgan fingerprint density at radius 1 is 0.857 bits per heavy atom. The zero-order valence-corrected chi connectivity index (χ0v) is 16.5. The summed E-state index contributed by atoms with van der Waals surface area (Å²) in [5.74, 6) is -2.88. The van der Waals surface area contributed by atoms with Crippen LogP contribution in [-0.2, 0) is 9.53 Å². The van der Waals surface area contributed by atoms with E-state index in [-0.39, 0.29) is 5.56 Å². The number of carbonyl (C=O) groups excluding carboxylic acids is 3. The molecule has 0 atom stereocenters. The quantitative estimate of drug-likeness (QED) is 0.625. The molecular formula is C21H23FN2O4. The topological polar surface area (TPSA) is 84.5 Å². The number of halogens is 1. The summed E-state index contributed by atoms with van der Waals surface area (Å²) in [5, 5.41) is 0. The van der Waals surface area contributed by atoms with E-state index in [9.17, 15) is 18.8 Å². The van der Waals surface area contributed by atoms with Crippen LogP contribution >= 0.6 is 0 Å². The monoisotopic (exact) mass is 386 g/mol. The van der Waals surface area contributed by atoms with Crippen molar-refractivity contribution < 1.29 is 23.5 Å². The molecular weight excluding hydrogens is 363 g/mol. The van der Waals surface area contributed by atoms with Crippen molar-refractivity contribution in [3.05, 3.63) is 69.0 Å². The van der Waals surface area contributed by atoms with Gasteiger partial charge in [-0.2, -0.15) is 0 Å². The van der Waals surface area contributed by atoms with Gasteiger partial charge in [0.15, 0.2) is 6.61 Å². The molecule has 2 aromatic carbocycles. The minimum Gasteiger partial charge on any atom is -0.452 e. The molecule has 0 saturated heterocycles. The van der Waals surface area contributed by atoms with Gasteiger partial charge in [0.05, 0.1) is 11.1 Å². The molecule has 0 fully saturated rings. The second-order valence-corrected chi connectivity index (χ2v) is 6.56. The Morgan fingerprint density at radius 2 is 1.39 bits per heavy atom. The van der Waals surface area contributed by atoms with Gasteiger partial charge < -0.3 is 4.74 Å². The lowest BCUT2D eigenvalue weighted by Crippen LogP contribution is -2.43. The van der Waals surface area contributed by atoms with E-state index >= 15 is 0 Å². The highest BCUT2D eigenvalue weighted by atomic mass is 19.1. The Balaban J connectivity index is 1.98. The molecule has 0 spiro atoms. The fourth-order valence-corrected chi connectivity index (χ4v) is 2.88. The average molecular weight is 386 g/mol. The molecule has 0 aromatic heterocycles. The average Bonchev–Trinajstić information content (AvgIpc) is 2.67. The molecule has 28 heavy (non-hydrogen) atoms. The van der Waals surface area contributed by atoms with Crippen LogP contribution in [0.1, 0.15) is 48.5 Å². The minimum absolute atomic E-state index is 0.211. The molecule has 2 aromatic rings. The molecule has 0 unspecified atom stereocenters. The van der Waals surface area contributed by atoms with E-state index in [2.05, 4.69) is 10.9 Å². The standard InChI is InChI=1S/C21H23FN2O4/c1-11-12(2)14(4)19(15(5)13(11)3)21(27)28-10-18(25)23-24-20(26)16-8-6-7-9-17(16)22/h6-9H,10H2,1-5H3,(H,23,25)(H,24,26). The Hall–Kier alpha value is -3.22. The number of esters is 1. The first-order chi connectivity index (χ1) is 13.1. The van der Waals surface area contributed by atoms with Gasteiger partial charge in [-0.15, -0.1) is 0 Å². The molecule has 7 heteroatoms. The van der Waals surface area contributed by atoms with Gasteiger partial charge in [0, 0.05) is 0 Å². The van der Waals surface area contributed by atoms with Gasteiger partial charge in [-0.1, -0.05) is 12.1 Å². The summed E-state index contributed by atoms with van der Waals surface area (Å²) >= 11 is 0. The number of hydrogen-bond donors (Lipinski definition) is 2. The number of benzene rings is 2. The van der Waals surface area contributed by atoms with E-state index in [0.717, 1.165) is 33.9 Å². The van der Waals surface area contributed by atoms with Gasteiger partial charge in [0.2, 0.25) is 0 Å². The molecule has 0 aliphatic carbocycles. The Bertz CT molecular complexity index is 925. The predicted molar refractivity (Wildman–Crippen MR) is 102 cm³/mol. The second-order valence-electron chi connectivity index (χ2n) is 6.56. The van der Waals surface area contributed by atoms with Gasteiger partial charge in [-0.05, 0) is 74.6 Å². The Labute approximate surface area is 163 Å². The third-order valence-corrected chi connectivity index (χ3v) is 4.97. The van der Waals surface area contributed by atoms with E-state index < -0.39 is 30.2 Å². The maximum atomic E-state index is 13.5. The molecule has 2 N–H and O–H groups in total. The van der Waals surface area contributed by atoms with Gasteiger partial charge in [-0.25, -0.2) is 9.18 Å². The van der Waals surface area contributed by atoms with Crippen molar-refractivity contribution in [3.63, 3.8) is 0 Å². The fraction of sp³-hybridized carbons (Fsp3) is 0.286. The van der Waals surface area contributed by atoms with Crippen molar-refractivity contribution >= 4 is 17.8 Å². The highest BCUT2D eigenvalue weighted by Gasteiger charge is 2.20. The summed E-state index contributed by atoms with van der Waals surface area (Å²) < 4.78 is 18.6. The summed E-state index contributed by atoms with van der Waals surface area (Å²) in [6, 6.07) is 5.36. The Morgan fingerprint density at radius 3 is 1.96 bits per heavy atom. The number of amides is 2. The molecule has 2 amide bonds. The zero-order valence-electron chi connectivity index (χ0n) is 16.5. The molecule has 0 aliphatic heterocycles. The number of hydrogen-bond acceptors (Lipinski definition) is 4. The number of hydrazine groups is 1. The molecule has 148 valence electrons. The van der Waals surface area contributed by atoms with Crippen LogP contribution in [0.2, 0.25) is 0 Å². The lowest BCUT2D eigenvalue weighted by atomic mass is 9.90. The first-order valence-corrected chi connectivity index (χ1v) is 8.73. The molecule has 0 heterocycles. The molecule has 0 radical (unpaired) electrons. The van der Waals surface area contributed by atoms with Crippen LogP contribution in [0.4, 0.5) is 4.39 Å². The number of carbonyl (C=O) groups is 3. The third kappa shape index (κ3) is 4.36. The van der Waals surface area contributed by atoms with Gasteiger partial charge in [0.1, 0.15) is 5.82 Å². The zero-order chi connectivity index (χ0) is 21.0. The Kier molecular flexibility index (Phi) is 6.51. The summed E-state index contributed by atoms with van der Waals surface area (Å²) in [6.45, 7) is 8.94. The first kappa shape index (κ1) is 21.1. The van der Waals surface area contributed by atoms with Gasteiger partial charge >= 0.3 is 5.97 Å². The highest BCUT2D eigenvalue weighted by Crippen LogP contribution is 2.26. The molecule has 0 aliphatic rings. The smallest absolute Gasteiger partial charge is 0.339 e. The fourth-order valence-electron chi connectivity index (χ4n) is 2.88. The maximum absolute atomic E-state index is 13.5. The van der Waals surface area contributed by atoms with Crippen LogP contribution in [0.25, 0.3) is 0 Å². The largest absolute Gasteiger partial charge is 0.452 e. The maximum Gasteiger partial charge on any atom is 0.339 e. The van der Waals surface area contributed by atoms with E-state index in [1.807, 2.05) is 34.6 Å². The van der Waals surface area contributed by atoms with E-state index in [1.165, 1.54) is 18.2 Å². The summed E-state index contributed by atoms with van der Waals surface area (Å²) in [4.78, 5) is 36.2. The van der Waals surface area contributed by atoms with E-state index in [0.29, 0.717) is 5.56 Å². The minimum atomic E-state index is -0.811. The van der Waals surface area contributed by atoms with Crippen molar-refractivity contribution in [3.8, 4) is 0 Å². The van der Waals surface area contributed by atoms with Gasteiger partial charge in [-0.3, -0.25) is 20.4 Å². The first-order valence-electron chi connectivity index (χ1n) is 8.73. The number of nitrogens with one attached hydrogen (secondary N) is 2. The molecule has 0 saturated carbocycles. The van der Waals surface area contributed by atoms with Crippen molar-refractivity contribution in [1.29, 1.82) is 0 Å². The molecule has 6 nitrogen and oxygen atoms in total. The van der Waals surface area contributed by atoms with Crippen LogP contribution in [-0.4, -0.2) is 24.4 Å². The van der Waals surface area contributed by atoms with Gasteiger partial charge in [0.25, 0.3) is 11.8 Å². The SMILES string of the molecule is Cc1c(C)c(C)c(C(=O)OCC(=O)NNC(=O)c2ccccc2F)c(C)c1C. The van der Waals surface area contributed by atoms with Crippen LogP contribution in [0.3, 0.4) is 0 Å². The normalized spacial score (nSPS) is 10.4. The predicted octanol–water partition coefficient (Wildman–Crippen LogP) is 2.99. The molecule has 2 rings (SSSR count). The lowest BCUT2D eigenvalue weighted by Gasteiger charge is -2.17. The van der Waals surface area contributed by atoms with Crippen molar-refractivity contribution in [2.24, 2.45) is 0 Å². The number of ether oxygens (including phenoxy) is 1. The van der Waals surface area contributed by atoms with Crippen LogP contribution in [0, 0.1) is 40.4 Å². The summed E-state index contributed by atoms with van der Waals surface area (Å²) in [5.41, 5.74) is 9.11. The van der Waals surface area contributed by atoms with Crippen LogP contribution < -0.4 is 10.9 Å². The number of rotatable bonds is 4. The van der Waals surface area contributed by atoms with E-state index in [4.69, 9.17) is 4.74 Å². The highest BCUT2D eigenvalue weighted by molar-refractivity contribution is 5.97. The van der Waals surface area contributed by atoms with Crippen LogP contribution in [0.5, 0.6) is 0 Å². The third-order valence-electron chi connectivity index (χ3n) is 4.97. The van der Waals surface area contributed by atoms with E-state index in [1.54, 1.807) is 0 Å². The summed E-state index contributed by atoms with van der Waals surface area (Å²) in [6.07, 6.45) is 0. The molecule has 0 bridgehead atoms. The van der Waals surface area contributed by atoms with Crippen molar-refractivity contribution in [2.45, 2.75) is 34.6 Å². The van der Waals surface area contributed by atoms with Crippen molar-refractivity contribution in [1.82, 2.24) is 10.9 Å². The lowest BCUT2D eigenvalue weighted by molar-refractivity contribution is -0.125. The summed E-state index contributed by atoms with van der Waals surface area (Å²) in [7, 11) is 0.